The number of nitrogens with one attached hydrogen (secondary N) is 1. The van der Waals surface area contributed by atoms with E-state index in [2.05, 4.69) is 24.1 Å². The maximum atomic E-state index is 12.0. The van der Waals surface area contributed by atoms with Crippen LogP contribution in [0.3, 0.4) is 0 Å². The molecule has 2 atom stereocenters. The summed E-state index contributed by atoms with van der Waals surface area (Å²) in [5.41, 5.74) is 5.72. The normalized spacial score (nSPS) is 22.9. The summed E-state index contributed by atoms with van der Waals surface area (Å²) in [7, 11) is 0. The zero-order valence-electron chi connectivity index (χ0n) is 13.6. The maximum Gasteiger partial charge on any atom is 0.237 e. The molecule has 118 valence electrons. The molecule has 3 N–H and O–H groups in total. The molecular weight excluding hydrogens is 254 g/mol. The molecule has 0 aromatic rings. The number of nitrogens with two attached hydrogens (primary N) is 1. The smallest absolute Gasteiger partial charge is 0.237 e. The van der Waals surface area contributed by atoms with Gasteiger partial charge in [-0.2, -0.15) is 0 Å². The third-order valence-corrected chi connectivity index (χ3v) is 3.57. The fourth-order valence-corrected chi connectivity index (χ4v) is 2.30. The quantitative estimate of drug-likeness (QED) is 0.785. The highest BCUT2D eigenvalue weighted by Crippen LogP contribution is 2.17. The predicted molar refractivity (Wildman–Crippen MR) is 81.5 cm³/mol. The van der Waals surface area contributed by atoms with E-state index in [0.717, 1.165) is 26.2 Å². The molecule has 1 fully saturated rings. The summed E-state index contributed by atoms with van der Waals surface area (Å²) in [6, 6.07) is -0.488. The lowest BCUT2D eigenvalue weighted by molar-refractivity contribution is -0.125. The summed E-state index contributed by atoms with van der Waals surface area (Å²) in [6.07, 6.45) is 0.0682. The Morgan fingerprint density at radius 2 is 2.10 bits per heavy atom. The van der Waals surface area contributed by atoms with Gasteiger partial charge in [-0.05, 0) is 11.3 Å². The second-order valence-electron chi connectivity index (χ2n) is 7.24. The van der Waals surface area contributed by atoms with Crippen molar-refractivity contribution in [3.8, 4) is 0 Å². The minimum atomic E-state index is -0.488. The zero-order valence-corrected chi connectivity index (χ0v) is 13.6. The SMILES string of the molecule is CC(C)CN1CCOC(CNC(=O)[C@@H](N)C(C)(C)C)C1. The second kappa shape index (κ2) is 7.38. The minimum absolute atomic E-state index is 0.0682. The van der Waals surface area contributed by atoms with E-state index in [1.54, 1.807) is 0 Å². The molecule has 1 saturated heterocycles. The van der Waals surface area contributed by atoms with Crippen LogP contribution in [0.5, 0.6) is 0 Å². The fraction of sp³-hybridized carbons (Fsp3) is 0.933. The lowest BCUT2D eigenvalue weighted by atomic mass is 9.87. The van der Waals surface area contributed by atoms with Crippen LogP contribution in [-0.2, 0) is 9.53 Å². The molecule has 0 bridgehead atoms. The van der Waals surface area contributed by atoms with Gasteiger partial charge in [0.15, 0.2) is 0 Å². The molecule has 0 aromatic heterocycles. The van der Waals surface area contributed by atoms with Crippen molar-refractivity contribution in [2.45, 2.75) is 46.8 Å². The van der Waals surface area contributed by atoms with Crippen molar-refractivity contribution >= 4 is 5.91 Å². The van der Waals surface area contributed by atoms with Crippen LogP contribution in [0.25, 0.3) is 0 Å². The average Bonchev–Trinajstić information content (AvgIpc) is 2.33. The minimum Gasteiger partial charge on any atom is -0.374 e. The predicted octanol–water partition coefficient (Wildman–Crippen LogP) is 0.833. The first-order valence-electron chi connectivity index (χ1n) is 7.57. The Bertz CT molecular complexity index is 313. The second-order valence-corrected chi connectivity index (χ2v) is 7.24. The van der Waals surface area contributed by atoms with Gasteiger partial charge in [0.2, 0.25) is 5.91 Å². The van der Waals surface area contributed by atoms with Gasteiger partial charge in [0.05, 0.1) is 18.8 Å². The Hall–Kier alpha value is -0.650. The molecule has 1 heterocycles. The number of ether oxygens (including phenoxy) is 1. The van der Waals surface area contributed by atoms with E-state index in [9.17, 15) is 4.79 Å². The number of hydrogen-bond acceptors (Lipinski definition) is 4. The summed E-state index contributed by atoms with van der Waals surface area (Å²) in [5.74, 6) is 0.555. The van der Waals surface area contributed by atoms with Crippen molar-refractivity contribution in [2.75, 3.05) is 32.8 Å². The summed E-state index contributed by atoms with van der Waals surface area (Å²) in [5, 5.41) is 2.92. The van der Waals surface area contributed by atoms with Gasteiger partial charge in [-0.3, -0.25) is 9.69 Å². The van der Waals surface area contributed by atoms with Gasteiger partial charge < -0.3 is 15.8 Å². The highest BCUT2D eigenvalue weighted by Gasteiger charge is 2.28. The largest absolute Gasteiger partial charge is 0.374 e. The van der Waals surface area contributed by atoms with Crippen LogP contribution in [0.1, 0.15) is 34.6 Å². The molecule has 1 aliphatic heterocycles. The van der Waals surface area contributed by atoms with Gasteiger partial charge in [-0.25, -0.2) is 0 Å². The number of carbonyl (C=O) groups excluding carboxylic acids is 1. The first-order chi connectivity index (χ1) is 9.20. The molecule has 0 aliphatic carbocycles. The number of rotatable bonds is 5. The van der Waals surface area contributed by atoms with Crippen molar-refractivity contribution in [3.05, 3.63) is 0 Å². The third-order valence-electron chi connectivity index (χ3n) is 3.57. The maximum absolute atomic E-state index is 12.0. The van der Waals surface area contributed by atoms with E-state index in [0.29, 0.717) is 12.5 Å². The molecule has 1 unspecified atom stereocenters. The van der Waals surface area contributed by atoms with E-state index in [4.69, 9.17) is 10.5 Å². The van der Waals surface area contributed by atoms with E-state index >= 15 is 0 Å². The van der Waals surface area contributed by atoms with Gasteiger partial charge in [0.25, 0.3) is 0 Å². The topological polar surface area (TPSA) is 67.6 Å². The number of nitrogens with zero attached hydrogens (tertiary/aromatic N) is 1. The summed E-state index contributed by atoms with van der Waals surface area (Å²) < 4.78 is 5.71. The fourth-order valence-electron chi connectivity index (χ4n) is 2.30. The Labute approximate surface area is 123 Å². The first-order valence-corrected chi connectivity index (χ1v) is 7.57. The van der Waals surface area contributed by atoms with Gasteiger partial charge >= 0.3 is 0 Å². The Morgan fingerprint density at radius 1 is 1.45 bits per heavy atom. The Balaban J connectivity index is 2.36. The molecular formula is C15H31N3O2. The molecule has 1 aliphatic rings. The molecule has 0 saturated carbocycles. The van der Waals surface area contributed by atoms with Crippen LogP contribution in [0.2, 0.25) is 0 Å². The highest BCUT2D eigenvalue weighted by atomic mass is 16.5. The number of morpholine rings is 1. The number of hydrogen-bond donors (Lipinski definition) is 2. The Kier molecular flexibility index (Phi) is 6.43. The van der Waals surface area contributed by atoms with Crippen LogP contribution in [-0.4, -0.2) is 55.7 Å². The lowest BCUT2D eigenvalue weighted by Gasteiger charge is -2.34. The van der Waals surface area contributed by atoms with Crippen molar-refractivity contribution < 1.29 is 9.53 Å². The van der Waals surface area contributed by atoms with Crippen LogP contribution in [0.4, 0.5) is 0 Å². The van der Waals surface area contributed by atoms with Gasteiger partial charge in [0.1, 0.15) is 0 Å². The van der Waals surface area contributed by atoms with Crippen molar-refractivity contribution in [2.24, 2.45) is 17.1 Å². The first kappa shape index (κ1) is 17.4. The van der Waals surface area contributed by atoms with E-state index < -0.39 is 6.04 Å². The summed E-state index contributed by atoms with van der Waals surface area (Å²) in [4.78, 5) is 14.4. The van der Waals surface area contributed by atoms with E-state index in [1.165, 1.54) is 0 Å². The van der Waals surface area contributed by atoms with Gasteiger partial charge in [0, 0.05) is 26.2 Å². The lowest BCUT2D eigenvalue weighted by Crippen LogP contribution is -2.53. The van der Waals surface area contributed by atoms with Crippen LogP contribution >= 0.6 is 0 Å². The summed E-state index contributed by atoms with van der Waals surface area (Å²) in [6.45, 7) is 14.6. The van der Waals surface area contributed by atoms with E-state index in [1.807, 2.05) is 20.8 Å². The van der Waals surface area contributed by atoms with Crippen LogP contribution < -0.4 is 11.1 Å². The number of carbonyl (C=O) groups is 1. The number of amides is 1. The van der Waals surface area contributed by atoms with Gasteiger partial charge in [-0.1, -0.05) is 34.6 Å². The molecule has 0 radical (unpaired) electrons. The van der Waals surface area contributed by atoms with Crippen molar-refractivity contribution in [1.29, 1.82) is 0 Å². The van der Waals surface area contributed by atoms with E-state index in [-0.39, 0.29) is 17.4 Å². The molecule has 0 spiro atoms. The van der Waals surface area contributed by atoms with Crippen LogP contribution in [0.15, 0.2) is 0 Å². The zero-order chi connectivity index (χ0) is 15.3. The summed E-state index contributed by atoms with van der Waals surface area (Å²) >= 11 is 0. The van der Waals surface area contributed by atoms with Crippen LogP contribution in [0, 0.1) is 11.3 Å². The van der Waals surface area contributed by atoms with Crippen molar-refractivity contribution in [1.82, 2.24) is 10.2 Å². The molecule has 5 nitrogen and oxygen atoms in total. The Morgan fingerprint density at radius 3 is 2.65 bits per heavy atom. The van der Waals surface area contributed by atoms with Gasteiger partial charge in [-0.15, -0.1) is 0 Å². The van der Waals surface area contributed by atoms with Crippen molar-refractivity contribution in [3.63, 3.8) is 0 Å². The molecule has 1 rings (SSSR count). The standard InChI is InChI=1S/C15H31N3O2/c1-11(2)9-18-6-7-20-12(10-18)8-17-14(19)13(16)15(3,4)5/h11-13H,6-10,16H2,1-5H3,(H,17,19)/t12?,13-/m1/s1. The third kappa shape index (κ3) is 5.77. The molecule has 5 heteroatoms. The molecule has 1 amide bonds. The highest BCUT2D eigenvalue weighted by molar-refractivity contribution is 5.82. The average molecular weight is 285 g/mol. The monoisotopic (exact) mass is 285 g/mol. The molecule has 0 aromatic carbocycles. The molecule has 20 heavy (non-hydrogen) atoms.